The predicted octanol–water partition coefficient (Wildman–Crippen LogP) is 4.65. The molecule has 4 nitrogen and oxygen atoms in total. The summed E-state index contributed by atoms with van der Waals surface area (Å²) in [6.07, 6.45) is 1.71. The third kappa shape index (κ3) is 3.90. The van der Waals surface area contributed by atoms with Crippen molar-refractivity contribution in [3.8, 4) is 11.5 Å². The summed E-state index contributed by atoms with van der Waals surface area (Å²) in [7, 11) is 0. The fraction of sp³-hybridized carbons (Fsp3) is 0.200. The maximum absolute atomic E-state index is 12.2. The summed E-state index contributed by atoms with van der Waals surface area (Å²) in [6, 6.07) is 17.5. The van der Waals surface area contributed by atoms with Crippen LogP contribution in [-0.2, 0) is 11.2 Å². The van der Waals surface area contributed by atoms with Gasteiger partial charge in [0.2, 0.25) is 11.8 Å². The lowest BCUT2D eigenvalue weighted by Crippen LogP contribution is -2.14. The van der Waals surface area contributed by atoms with Gasteiger partial charge in [-0.25, -0.2) is 4.98 Å². The number of nitrogens with zero attached hydrogens (tertiary/aromatic N) is 1. The van der Waals surface area contributed by atoms with Crippen molar-refractivity contribution in [1.82, 2.24) is 4.98 Å². The van der Waals surface area contributed by atoms with Gasteiger partial charge in [-0.2, -0.15) is 0 Å². The van der Waals surface area contributed by atoms with Gasteiger partial charge in [-0.15, -0.1) is 0 Å². The van der Waals surface area contributed by atoms with Crippen molar-refractivity contribution in [1.29, 1.82) is 0 Å². The van der Waals surface area contributed by atoms with Crippen LogP contribution < -0.4 is 5.32 Å². The Hall–Kier alpha value is -2.88. The van der Waals surface area contributed by atoms with Crippen LogP contribution in [0.15, 0.2) is 65.3 Å². The molecule has 4 heteroatoms. The Bertz CT molecular complexity index is 805. The quantitative estimate of drug-likeness (QED) is 0.744. The normalized spacial score (nSPS) is 10.8. The zero-order valence-corrected chi connectivity index (χ0v) is 13.8. The van der Waals surface area contributed by atoms with Crippen molar-refractivity contribution in [3.05, 3.63) is 72.1 Å². The molecule has 0 aliphatic carbocycles. The third-order valence-electron chi connectivity index (χ3n) is 3.78. The summed E-state index contributed by atoms with van der Waals surface area (Å²) >= 11 is 0. The standard InChI is InChI=1S/C20H20N2O2/c1-14(2)15-8-10-17(11-9-15)21-19(23)12-18-13-24-20(22-18)16-6-4-3-5-7-16/h3-11,13-14H,12H2,1-2H3,(H,21,23). The molecule has 0 spiro atoms. The van der Waals surface area contributed by atoms with Gasteiger partial charge in [0.15, 0.2) is 0 Å². The zero-order valence-electron chi connectivity index (χ0n) is 13.8. The lowest BCUT2D eigenvalue weighted by molar-refractivity contribution is -0.115. The van der Waals surface area contributed by atoms with Crippen LogP contribution in [0.1, 0.15) is 31.0 Å². The first kappa shape index (κ1) is 16.0. The van der Waals surface area contributed by atoms with Crippen LogP contribution in [0.3, 0.4) is 0 Å². The topological polar surface area (TPSA) is 55.1 Å². The van der Waals surface area contributed by atoms with Gasteiger partial charge in [-0.05, 0) is 35.7 Å². The van der Waals surface area contributed by atoms with E-state index in [1.807, 2.05) is 54.6 Å². The molecule has 24 heavy (non-hydrogen) atoms. The van der Waals surface area contributed by atoms with E-state index in [0.29, 0.717) is 17.5 Å². The second-order valence-corrected chi connectivity index (χ2v) is 6.01. The van der Waals surface area contributed by atoms with Gasteiger partial charge in [-0.1, -0.05) is 44.2 Å². The maximum Gasteiger partial charge on any atom is 0.230 e. The average molecular weight is 320 g/mol. The van der Waals surface area contributed by atoms with Crippen LogP contribution >= 0.6 is 0 Å². The highest BCUT2D eigenvalue weighted by Crippen LogP contribution is 2.19. The third-order valence-corrected chi connectivity index (χ3v) is 3.78. The van der Waals surface area contributed by atoms with Gasteiger partial charge < -0.3 is 9.73 Å². The molecule has 0 atom stereocenters. The van der Waals surface area contributed by atoms with Crippen molar-refractivity contribution in [2.75, 3.05) is 5.32 Å². The number of carbonyl (C=O) groups is 1. The number of hydrogen-bond donors (Lipinski definition) is 1. The maximum atomic E-state index is 12.2. The number of rotatable bonds is 5. The van der Waals surface area contributed by atoms with E-state index in [-0.39, 0.29) is 12.3 Å². The van der Waals surface area contributed by atoms with E-state index in [1.165, 1.54) is 11.8 Å². The van der Waals surface area contributed by atoms with Crippen molar-refractivity contribution in [2.24, 2.45) is 0 Å². The number of oxazole rings is 1. The van der Waals surface area contributed by atoms with Gasteiger partial charge >= 0.3 is 0 Å². The number of aromatic nitrogens is 1. The van der Waals surface area contributed by atoms with Gasteiger partial charge in [0.05, 0.1) is 12.1 Å². The molecule has 0 saturated carbocycles. The minimum absolute atomic E-state index is 0.111. The summed E-state index contributed by atoms with van der Waals surface area (Å²) < 4.78 is 5.45. The number of amides is 1. The van der Waals surface area contributed by atoms with E-state index < -0.39 is 0 Å². The lowest BCUT2D eigenvalue weighted by Gasteiger charge is -2.07. The van der Waals surface area contributed by atoms with Crippen LogP contribution in [0.4, 0.5) is 5.69 Å². The van der Waals surface area contributed by atoms with E-state index in [1.54, 1.807) is 0 Å². The number of anilines is 1. The van der Waals surface area contributed by atoms with E-state index >= 15 is 0 Å². The van der Waals surface area contributed by atoms with Gasteiger partial charge in [0, 0.05) is 11.3 Å². The SMILES string of the molecule is CC(C)c1ccc(NC(=O)Cc2coc(-c3ccccc3)n2)cc1. The second kappa shape index (κ2) is 7.13. The minimum atomic E-state index is -0.111. The molecule has 1 N–H and O–H groups in total. The first-order valence-electron chi connectivity index (χ1n) is 8.01. The molecule has 0 bridgehead atoms. The molecule has 122 valence electrons. The van der Waals surface area contributed by atoms with E-state index in [2.05, 4.69) is 24.1 Å². The fourth-order valence-electron chi connectivity index (χ4n) is 2.42. The minimum Gasteiger partial charge on any atom is -0.444 e. The number of benzene rings is 2. The smallest absolute Gasteiger partial charge is 0.230 e. The molecular formula is C20H20N2O2. The van der Waals surface area contributed by atoms with Crippen LogP contribution in [0.5, 0.6) is 0 Å². The van der Waals surface area contributed by atoms with E-state index in [4.69, 9.17) is 4.42 Å². The number of carbonyl (C=O) groups excluding carboxylic acids is 1. The Morgan fingerprint density at radius 1 is 1.08 bits per heavy atom. The second-order valence-electron chi connectivity index (χ2n) is 6.01. The van der Waals surface area contributed by atoms with Gasteiger partial charge in [-0.3, -0.25) is 4.79 Å². The van der Waals surface area contributed by atoms with Crippen LogP contribution in [-0.4, -0.2) is 10.9 Å². The largest absolute Gasteiger partial charge is 0.444 e. The highest BCUT2D eigenvalue weighted by atomic mass is 16.3. The molecule has 2 aromatic carbocycles. The van der Waals surface area contributed by atoms with E-state index in [0.717, 1.165) is 11.3 Å². The molecule has 3 rings (SSSR count). The lowest BCUT2D eigenvalue weighted by atomic mass is 10.0. The zero-order chi connectivity index (χ0) is 16.9. The molecule has 0 saturated heterocycles. The molecule has 1 aromatic heterocycles. The highest BCUT2D eigenvalue weighted by Gasteiger charge is 2.10. The molecule has 1 amide bonds. The van der Waals surface area contributed by atoms with Crippen LogP contribution in [0.25, 0.3) is 11.5 Å². The molecule has 1 heterocycles. The molecule has 0 unspecified atom stereocenters. The van der Waals surface area contributed by atoms with Crippen molar-refractivity contribution in [3.63, 3.8) is 0 Å². The summed E-state index contributed by atoms with van der Waals surface area (Å²) in [5, 5.41) is 2.88. The van der Waals surface area contributed by atoms with Crippen LogP contribution in [0, 0.1) is 0 Å². The Kier molecular flexibility index (Phi) is 4.75. The fourth-order valence-corrected chi connectivity index (χ4v) is 2.42. The predicted molar refractivity (Wildman–Crippen MR) is 94.8 cm³/mol. The molecule has 0 radical (unpaired) electrons. The average Bonchev–Trinajstić information content (AvgIpc) is 3.04. The van der Waals surface area contributed by atoms with E-state index in [9.17, 15) is 4.79 Å². The molecule has 0 fully saturated rings. The van der Waals surface area contributed by atoms with Crippen molar-refractivity contribution >= 4 is 11.6 Å². The Morgan fingerprint density at radius 3 is 2.46 bits per heavy atom. The monoisotopic (exact) mass is 320 g/mol. The van der Waals surface area contributed by atoms with Crippen molar-refractivity contribution < 1.29 is 9.21 Å². The van der Waals surface area contributed by atoms with Gasteiger partial charge in [0.25, 0.3) is 0 Å². The summed E-state index contributed by atoms with van der Waals surface area (Å²) in [4.78, 5) is 16.5. The molecule has 0 aliphatic rings. The first-order valence-corrected chi connectivity index (χ1v) is 8.01. The Balaban J connectivity index is 1.62. The van der Waals surface area contributed by atoms with Crippen LogP contribution in [0.2, 0.25) is 0 Å². The molecule has 0 aliphatic heterocycles. The summed E-state index contributed by atoms with van der Waals surface area (Å²) in [5.74, 6) is 0.890. The first-order chi connectivity index (χ1) is 11.6. The van der Waals surface area contributed by atoms with Gasteiger partial charge in [0.1, 0.15) is 6.26 Å². The summed E-state index contributed by atoms with van der Waals surface area (Å²) in [6.45, 7) is 4.28. The molecular weight excluding hydrogens is 300 g/mol. The Labute approximate surface area is 141 Å². The Morgan fingerprint density at radius 2 is 1.79 bits per heavy atom. The van der Waals surface area contributed by atoms with Crippen molar-refractivity contribution in [2.45, 2.75) is 26.2 Å². The molecule has 3 aromatic rings. The number of hydrogen-bond acceptors (Lipinski definition) is 3. The highest BCUT2D eigenvalue weighted by molar-refractivity contribution is 5.92. The number of nitrogens with one attached hydrogen (secondary N) is 1. The summed E-state index contributed by atoms with van der Waals surface area (Å²) in [5.41, 5.74) is 3.55.